The summed E-state index contributed by atoms with van der Waals surface area (Å²) in [6.45, 7) is 1.41. The van der Waals surface area contributed by atoms with Crippen molar-refractivity contribution in [2.45, 2.75) is 12.8 Å². The van der Waals surface area contributed by atoms with Crippen molar-refractivity contribution in [1.82, 2.24) is 0 Å². The number of thioether (sulfide) groups is 1. The van der Waals surface area contributed by atoms with Crippen LogP contribution in [-0.2, 0) is 4.74 Å². The van der Waals surface area contributed by atoms with Crippen molar-refractivity contribution < 1.29 is 4.74 Å². The number of nitrogens with zero attached hydrogens (tertiary/aromatic N) is 1. The fraction of sp³-hybridized carbons (Fsp3) is 0.875. The van der Waals surface area contributed by atoms with Crippen molar-refractivity contribution in [3.05, 3.63) is 0 Å². The van der Waals surface area contributed by atoms with Crippen LogP contribution in [0.4, 0.5) is 0 Å². The first-order valence-corrected chi connectivity index (χ1v) is 5.20. The molecule has 1 atom stereocenters. The Labute approximate surface area is 71.9 Å². The molecule has 0 aromatic rings. The van der Waals surface area contributed by atoms with E-state index in [0.717, 1.165) is 25.2 Å². The van der Waals surface area contributed by atoms with Crippen LogP contribution < -0.4 is 0 Å². The standard InChI is InChI=1S/C8H13NOS/c1-11-5-3-8(6-9)2-4-10-7-8/h2-5,7H2,1H3. The highest BCUT2D eigenvalue weighted by atomic mass is 32.2. The summed E-state index contributed by atoms with van der Waals surface area (Å²) in [5.74, 6) is 1.07. The summed E-state index contributed by atoms with van der Waals surface area (Å²) in [7, 11) is 0. The van der Waals surface area contributed by atoms with Crippen molar-refractivity contribution in [3.63, 3.8) is 0 Å². The van der Waals surface area contributed by atoms with Crippen molar-refractivity contribution in [2.75, 3.05) is 25.2 Å². The van der Waals surface area contributed by atoms with Crippen LogP contribution in [0.25, 0.3) is 0 Å². The van der Waals surface area contributed by atoms with Gasteiger partial charge in [-0.1, -0.05) is 0 Å². The Hall–Kier alpha value is -0.200. The molecule has 11 heavy (non-hydrogen) atoms. The highest BCUT2D eigenvalue weighted by Gasteiger charge is 2.34. The van der Waals surface area contributed by atoms with E-state index in [1.165, 1.54) is 0 Å². The number of hydrogen-bond acceptors (Lipinski definition) is 3. The molecule has 2 nitrogen and oxygen atoms in total. The Morgan fingerprint density at radius 1 is 1.73 bits per heavy atom. The van der Waals surface area contributed by atoms with Gasteiger partial charge in [0, 0.05) is 6.61 Å². The van der Waals surface area contributed by atoms with Crippen molar-refractivity contribution in [3.8, 4) is 6.07 Å². The minimum absolute atomic E-state index is 0.150. The minimum atomic E-state index is -0.150. The fourth-order valence-electron chi connectivity index (χ4n) is 1.25. The molecular formula is C8H13NOS. The molecule has 1 saturated heterocycles. The van der Waals surface area contributed by atoms with Gasteiger partial charge in [-0.25, -0.2) is 0 Å². The van der Waals surface area contributed by atoms with Crippen LogP contribution in [0.3, 0.4) is 0 Å². The highest BCUT2D eigenvalue weighted by molar-refractivity contribution is 7.98. The first-order valence-electron chi connectivity index (χ1n) is 3.81. The molecule has 1 aliphatic heterocycles. The fourth-order valence-corrected chi connectivity index (χ4v) is 1.84. The Bertz CT molecular complexity index is 158. The molecule has 0 radical (unpaired) electrons. The van der Waals surface area contributed by atoms with E-state index in [1.807, 2.05) is 0 Å². The van der Waals surface area contributed by atoms with Crippen LogP contribution in [0, 0.1) is 16.7 Å². The monoisotopic (exact) mass is 171 g/mol. The summed E-state index contributed by atoms with van der Waals surface area (Å²) in [6, 6.07) is 2.37. The SMILES string of the molecule is CSCCC1(C#N)CCOC1. The molecule has 3 heteroatoms. The molecule has 0 N–H and O–H groups in total. The van der Waals surface area contributed by atoms with Gasteiger partial charge in [0.1, 0.15) is 0 Å². The van der Waals surface area contributed by atoms with Crippen molar-refractivity contribution in [1.29, 1.82) is 5.26 Å². The number of nitriles is 1. The lowest BCUT2D eigenvalue weighted by Crippen LogP contribution is -2.19. The summed E-state index contributed by atoms with van der Waals surface area (Å²) in [6.07, 6.45) is 3.97. The van der Waals surface area contributed by atoms with Gasteiger partial charge in [0.15, 0.2) is 0 Å². The summed E-state index contributed by atoms with van der Waals surface area (Å²) >= 11 is 1.80. The zero-order valence-corrected chi connectivity index (χ0v) is 7.62. The predicted molar refractivity (Wildman–Crippen MR) is 46.5 cm³/mol. The Morgan fingerprint density at radius 2 is 2.55 bits per heavy atom. The number of hydrogen-bond donors (Lipinski definition) is 0. The van der Waals surface area contributed by atoms with Gasteiger partial charge in [-0.15, -0.1) is 0 Å². The lowest BCUT2D eigenvalue weighted by atomic mass is 9.86. The Kier molecular flexibility index (Phi) is 3.22. The second kappa shape index (κ2) is 3.99. The summed E-state index contributed by atoms with van der Waals surface area (Å²) in [4.78, 5) is 0. The average Bonchev–Trinajstić information content (AvgIpc) is 2.50. The Morgan fingerprint density at radius 3 is 3.00 bits per heavy atom. The van der Waals surface area contributed by atoms with Gasteiger partial charge in [0.25, 0.3) is 0 Å². The molecule has 1 heterocycles. The third-order valence-corrected chi connectivity index (χ3v) is 2.74. The van der Waals surface area contributed by atoms with Gasteiger partial charge >= 0.3 is 0 Å². The van der Waals surface area contributed by atoms with Crippen LogP contribution in [-0.4, -0.2) is 25.2 Å². The summed E-state index contributed by atoms with van der Waals surface area (Å²) < 4.78 is 5.22. The zero-order chi connectivity index (χ0) is 8.16. The first kappa shape index (κ1) is 8.89. The van der Waals surface area contributed by atoms with E-state index in [4.69, 9.17) is 10.00 Å². The maximum atomic E-state index is 8.90. The first-order chi connectivity index (χ1) is 5.33. The molecule has 0 amide bonds. The van der Waals surface area contributed by atoms with E-state index in [2.05, 4.69) is 12.3 Å². The van der Waals surface area contributed by atoms with Gasteiger partial charge < -0.3 is 4.74 Å². The van der Waals surface area contributed by atoms with Crippen molar-refractivity contribution in [2.24, 2.45) is 5.41 Å². The molecule has 1 rings (SSSR count). The molecule has 0 aromatic carbocycles. The maximum Gasteiger partial charge on any atom is 0.0836 e. The Balaban J connectivity index is 2.41. The van der Waals surface area contributed by atoms with Crippen LogP contribution in [0.5, 0.6) is 0 Å². The van der Waals surface area contributed by atoms with Gasteiger partial charge in [-0.05, 0) is 24.9 Å². The second-order valence-electron chi connectivity index (χ2n) is 2.94. The van der Waals surface area contributed by atoms with Crippen LogP contribution in [0.2, 0.25) is 0 Å². The molecular weight excluding hydrogens is 158 g/mol. The molecule has 1 aliphatic rings. The normalized spacial score (nSPS) is 30.2. The minimum Gasteiger partial charge on any atom is -0.380 e. The molecule has 1 unspecified atom stereocenters. The van der Waals surface area contributed by atoms with Crippen molar-refractivity contribution >= 4 is 11.8 Å². The van der Waals surface area contributed by atoms with Crippen LogP contribution in [0.15, 0.2) is 0 Å². The molecule has 0 aromatic heterocycles. The number of rotatable bonds is 3. The smallest absolute Gasteiger partial charge is 0.0836 e. The molecule has 0 spiro atoms. The van der Waals surface area contributed by atoms with E-state index in [1.54, 1.807) is 11.8 Å². The zero-order valence-electron chi connectivity index (χ0n) is 6.80. The molecule has 0 saturated carbocycles. The maximum absolute atomic E-state index is 8.90. The third kappa shape index (κ3) is 2.11. The predicted octanol–water partition coefficient (Wildman–Crippen LogP) is 1.67. The average molecular weight is 171 g/mol. The lowest BCUT2D eigenvalue weighted by Gasteiger charge is -2.16. The van der Waals surface area contributed by atoms with E-state index in [-0.39, 0.29) is 5.41 Å². The second-order valence-corrected chi connectivity index (χ2v) is 3.92. The quantitative estimate of drug-likeness (QED) is 0.647. The van der Waals surface area contributed by atoms with Crippen LogP contribution in [0.1, 0.15) is 12.8 Å². The third-order valence-electron chi connectivity index (χ3n) is 2.13. The van der Waals surface area contributed by atoms with Gasteiger partial charge in [-0.2, -0.15) is 17.0 Å². The van der Waals surface area contributed by atoms with E-state index >= 15 is 0 Å². The molecule has 1 fully saturated rings. The molecule has 0 aliphatic carbocycles. The summed E-state index contributed by atoms with van der Waals surface area (Å²) in [5.41, 5.74) is -0.150. The largest absolute Gasteiger partial charge is 0.380 e. The van der Waals surface area contributed by atoms with Gasteiger partial charge in [0.05, 0.1) is 18.1 Å². The van der Waals surface area contributed by atoms with E-state index in [9.17, 15) is 0 Å². The number of ether oxygens (including phenoxy) is 1. The van der Waals surface area contributed by atoms with Crippen LogP contribution >= 0.6 is 11.8 Å². The summed E-state index contributed by atoms with van der Waals surface area (Å²) in [5, 5.41) is 8.90. The van der Waals surface area contributed by atoms with E-state index in [0.29, 0.717) is 6.61 Å². The lowest BCUT2D eigenvalue weighted by molar-refractivity contribution is 0.171. The van der Waals surface area contributed by atoms with E-state index < -0.39 is 0 Å². The van der Waals surface area contributed by atoms with Gasteiger partial charge in [-0.3, -0.25) is 0 Å². The molecule has 62 valence electrons. The van der Waals surface area contributed by atoms with Gasteiger partial charge in [0.2, 0.25) is 0 Å². The molecule has 0 bridgehead atoms. The topological polar surface area (TPSA) is 33.0 Å². The highest BCUT2D eigenvalue weighted by Crippen LogP contribution is 2.32.